The van der Waals surface area contributed by atoms with Gasteiger partial charge in [-0.15, -0.1) is 0 Å². The molecule has 0 spiro atoms. The number of rotatable bonds is 3. The fourth-order valence-corrected chi connectivity index (χ4v) is 2.50. The lowest BCUT2D eigenvalue weighted by molar-refractivity contribution is 0.486. The third-order valence-electron chi connectivity index (χ3n) is 2.73. The van der Waals surface area contributed by atoms with Gasteiger partial charge in [0.05, 0.1) is 10.1 Å². The van der Waals surface area contributed by atoms with E-state index in [0.717, 1.165) is 0 Å². The molecule has 0 fully saturated rings. The zero-order chi connectivity index (χ0) is 14.2. The molecule has 0 amide bonds. The Bertz CT molecular complexity index is 678. The SMILES string of the molecule is CC(C)n1ncnc1Cn1c(=O)c(I)cn(C)c1=O. The van der Waals surface area contributed by atoms with Gasteiger partial charge in [0, 0.05) is 19.3 Å². The molecular weight excluding hydrogens is 361 g/mol. The summed E-state index contributed by atoms with van der Waals surface area (Å²) in [5, 5.41) is 4.10. The summed E-state index contributed by atoms with van der Waals surface area (Å²) >= 11 is 1.92. The van der Waals surface area contributed by atoms with Crippen LogP contribution < -0.4 is 11.2 Å². The van der Waals surface area contributed by atoms with E-state index in [4.69, 9.17) is 0 Å². The van der Waals surface area contributed by atoms with Crippen LogP contribution in [0.3, 0.4) is 0 Å². The van der Waals surface area contributed by atoms with Crippen molar-refractivity contribution in [3.05, 3.63) is 42.8 Å². The van der Waals surface area contributed by atoms with Crippen LogP contribution in [0, 0.1) is 3.57 Å². The Labute approximate surface area is 123 Å². The molecule has 0 bridgehead atoms. The molecule has 102 valence electrons. The molecule has 8 heteroatoms. The first-order chi connectivity index (χ1) is 8.91. The summed E-state index contributed by atoms with van der Waals surface area (Å²) in [6.45, 7) is 4.06. The zero-order valence-electron chi connectivity index (χ0n) is 10.9. The first kappa shape index (κ1) is 14.0. The molecule has 0 aliphatic carbocycles. The highest BCUT2D eigenvalue weighted by Gasteiger charge is 2.13. The maximum Gasteiger partial charge on any atom is 0.331 e. The minimum atomic E-state index is -0.358. The smallest absolute Gasteiger partial charge is 0.302 e. The minimum absolute atomic E-state index is 0.125. The van der Waals surface area contributed by atoms with E-state index in [0.29, 0.717) is 9.39 Å². The molecule has 0 radical (unpaired) electrons. The molecule has 2 rings (SSSR count). The summed E-state index contributed by atoms with van der Waals surface area (Å²) in [6, 6.07) is 0.125. The van der Waals surface area contributed by atoms with Crippen molar-refractivity contribution in [1.82, 2.24) is 23.9 Å². The summed E-state index contributed by atoms with van der Waals surface area (Å²) in [4.78, 5) is 28.2. The molecule has 0 atom stereocenters. The highest BCUT2D eigenvalue weighted by Crippen LogP contribution is 2.05. The Morgan fingerprint density at radius 1 is 1.37 bits per heavy atom. The van der Waals surface area contributed by atoms with Crippen LogP contribution in [0.1, 0.15) is 25.7 Å². The fourth-order valence-electron chi connectivity index (χ4n) is 1.79. The second-order valence-electron chi connectivity index (χ2n) is 4.48. The first-order valence-electron chi connectivity index (χ1n) is 5.76. The Morgan fingerprint density at radius 3 is 2.68 bits per heavy atom. The molecule has 0 unspecified atom stereocenters. The van der Waals surface area contributed by atoms with Gasteiger partial charge in [0.1, 0.15) is 12.2 Å². The van der Waals surface area contributed by atoms with E-state index in [2.05, 4.69) is 10.1 Å². The summed E-state index contributed by atoms with van der Waals surface area (Å²) in [7, 11) is 1.62. The lowest BCUT2D eigenvalue weighted by Crippen LogP contribution is -2.40. The summed E-state index contributed by atoms with van der Waals surface area (Å²) in [6.07, 6.45) is 2.95. The highest BCUT2D eigenvalue weighted by molar-refractivity contribution is 14.1. The number of aryl methyl sites for hydroxylation is 1. The Morgan fingerprint density at radius 2 is 2.05 bits per heavy atom. The lowest BCUT2D eigenvalue weighted by atomic mass is 10.4. The standard InChI is InChI=1S/C11H14IN5O2/c1-7(2)17-9(13-6-14-17)5-16-10(18)8(12)4-15(3)11(16)19/h4,6-7H,5H2,1-3H3. The second-order valence-corrected chi connectivity index (χ2v) is 5.64. The summed E-state index contributed by atoms with van der Waals surface area (Å²) in [5.74, 6) is 0.594. The van der Waals surface area contributed by atoms with Crippen LogP contribution in [-0.2, 0) is 13.6 Å². The van der Waals surface area contributed by atoms with E-state index in [1.54, 1.807) is 11.7 Å². The van der Waals surface area contributed by atoms with Crippen molar-refractivity contribution in [2.75, 3.05) is 0 Å². The van der Waals surface area contributed by atoms with E-state index < -0.39 is 0 Å². The predicted molar refractivity (Wildman–Crippen MR) is 78.2 cm³/mol. The van der Waals surface area contributed by atoms with E-state index >= 15 is 0 Å². The molecule has 2 aromatic rings. The molecule has 19 heavy (non-hydrogen) atoms. The van der Waals surface area contributed by atoms with E-state index in [9.17, 15) is 9.59 Å². The van der Waals surface area contributed by atoms with Crippen LogP contribution in [0.4, 0.5) is 0 Å². The molecule has 7 nitrogen and oxygen atoms in total. The van der Waals surface area contributed by atoms with Crippen molar-refractivity contribution in [2.45, 2.75) is 26.4 Å². The quantitative estimate of drug-likeness (QED) is 0.727. The van der Waals surface area contributed by atoms with Gasteiger partial charge in [-0.25, -0.2) is 14.5 Å². The largest absolute Gasteiger partial charge is 0.331 e. The zero-order valence-corrected chi connectivity index (χ0v) is 13.0. The maximum absolute atomic E-state index is 12.0. The molecule has 2 heterocycles. The first-order valence-corrected chi connectivity index (χ1v) is 6.84. The van der Waals surface area contributed by atoms with Crippen LogP contribution in [0.15, 0.2) is 22.1 Å². The summed E-state index contributed by atoms with van der Waals surface area (Å²) in [5.41, 5.74) is -0.661. The topological polar surface area (TPSA) is 74.7 Å². The minimum Gasteiger partial charge on any atom is -0.302 e. The van der Waals surface area contributed by atoms with Gasteiger partial charge < -0.3 is 4.57 Å². The third kappa shape index (κ3) is 2.62. The summed E-state index contributed by atoms with van der Waals surface area (Å²) < 4.78 is 4.76. The van der Waals surface area contributed by atoms with Gasteiger partial charge in [0.15, 0.2) is 0 Å². The lowest BCUT2D eigenvalue weighted by Gasteiger charge is -2.11. The van der Waals surface area contributed by atoms with Gasteiger partial charge >= 0.3 is 5.69 Å². The van der Waals surface area contributed by atoms with E-state index in [1.807, 2.05) is 36.4 Å². The highest BCUT2D eigenvalue weighted by atomic mass is 127. The Kier molecular flexibility index (Phi) is 3.88. The molecule has 2 aromatic heterocycles. The number of hydrogen-bond acceptors (Lipinski definition) is 4. The number of hydrogen-bond donors (Lipinski definition) is 0. The van der Waals surface area contributed by atoms with E-state index in [1.165, 1.54) is 21.7 Å². The van der Waals surface area contributed by atoms with Gasteiger partial charge in [0.25, 0.3) is 5.56 Å². The van der Waals surface area contributed by atoms with Crippen molar-refractivity contribution < 1.29 is 0 Å². The van der Waals surface area contributed by atoms with Crippen LogP contribution in [0.25, 0.3) is 0 Å². The molecule has 0 N–H and O–H groups in total. The van der Waals surface area contributed by atoms with Crippen LogP contribution in [-0.4, -0.2) is 23.9 Å². The third-order valence-corrected chi connectivity index (χ3v) is 3.46. The average Bonchev–Trinajstić information content (AvgIpc) is 2.80. The van der Waals surface area contributed by atoms with E-state index in [-0.39, 0.29) is 23.8 Å². The Balaban J connectivity index is 2.53. The van der Waals surface area contributed by atoms with Crippen molar-refractivity contribution in [2.24, 2.45) is 7.05 Å². The van der Waals surface area contributed by atoms with Crippen LogP contribution in [0.2, 0.25) is 0 Å². The van der Waals surface area contributed by atoms with Crippen molar-refractivity contribution in [3.8, 4) is 0 Å². The van der Waals surface area contributed by atoms with Gasteiger partial charge in [-0.2, -0.15) is 5.10 Å². The van der Waals surface area contributed by atoms with Crippen molar-refractivity contribution >= 4 is 22.6 Å². The molecule has 0 saturated heterocycles. The van der Waals surface area contributed by atoms with Gasteiger partial charge in [-0.1, -0.05) is 0 Å². The number of halogens is 1. The van der Waals surface area contributed by atoms with Gasteiger partial charge in [0.2, 0.25) is 0 Å². The van der Waals surface area contributed by atoms with Crippen molar-refractivity contribution in [3.63, 3.8) is 0 Å². The van der Waals surface area contributed by atoms with Crippen LogP contribution >= 0.6 is 22.6 Å². The second kappa shape index (κ2) is 5.27. The Hall–Kier alpha value is -1.45. The fraction of sp³-hybridized carbons (Fsp3) is 0.455. The molecule has 0 saturated carbocycles. The molecule has 0 aliphatic heterocycles. The van der Waals surface area contributed by atoms with Gasteiger partial charge in [-0.3, -0.25) is 9.36 Å². The molecule has 0 aromatic carbocycles. The average molecular weight is 375 g/mol. The maximum atomic E-state index is 12.0. The van der Waals surface area contributed by atoms with Gasteiger partial charge in [-0.05, 0) is 36.4 Å². The molecular formula is C11H14IN5O2. The predicted octanol–water partition coefficient (Wildman–Crippen LogP) is 0.372. The van der Waals surface area contributed by atoms with Crippen LogP contribution in [0.5, 0.6) is 0 Å². The number of nitrogens with zero attached hydrogens (tertiary/aromatic N) is 5. The normalized spacial score (nSPS) is 11.2. The monoisotopic (exact) mass is 375 g/mol. The molecule has 0 aliphatic rings. The number of aromatic nitrogens is 5. The van der Waals surface area contributed by atoms with Crippen molar-refractivity contribution in [1.29, 1.82) is 0 Å².